The topological polar surface area (TPSA) is 64.2 Å². The molecule has 0 bridgehead atoms. The summed E-state index contributed by atoms with van der Waals surface area (Å²) in [5.74, 6) is -0.352. The molecule has 2 N–H and O–H groups in total. The molecule has 0 saturated heterocycles. The van der Waals surface area contributed by atoms with E-state index < -0.39 is 18.6 Å². The molecule has 1 aromatic rings. The van der Waals surface area contributed by atoms with E-state index in [0.717, 1.165) is 4.90 Å². The number of amides is 1. The lowest BCUT2D eigenvalue weighted by Gasteiger charge is -2.23. The minimum absolute atomic E-state index is 0.218. The summed E-state index contributed by atoms with van der Waals surface area (Å²) in [6.07, 6.45) is -1.65. The summed E-state index contributed by atoms with van der Waals surface area (Å²) in [4.78, 5) is 12.7. The molecular formula is C10H13F3N4O. The number of rotatable bonds is 4. The van der Waals surface area contributed by atoms with Gasteiger partial charge in [-0.1, -0.05) is 0 Å². The van der Waals surface area contributed by atoms with Gasteiger partial charge >= 0.3 is 6.18 Å². The van der Waals surface area contributed by atoms with E-state index in [4.69, 9.17) is 5.73 Å². The zero-order valence-electron chi connectivity index (χ0n) is 9.52. The molecular weight excluding hydrogens is 249 g/mol. The first-order valence-corrected chi connectivity index (χ1v) is 5.50. The number of aromatic nitrogens is 2. The van der Waals surface area contributed by atoms with Crippen molar-refractivity contribution in [2.24, 2.45) is 0 Å². The summed E-state index contributed by atoms with van der Waals surface area (Å²) in [6.45, 7) is -1.42. The van der Waals surface area contributed by atoms with Gasteiger partial charge in [-0.05, 0) is 18.9 Å². The molecule has 8 heteroatoms. The van der Waals surface area contributed by atoms with Crippen molar-refractivity contribution in [2.75, 3.05) is 12.3 Å². The van der Waals surface area contributed by atoms with Crippen molar-refractivity contribution < 1.29 is 18.0 Å². The SMILES string of the molecule is Nc1ccn(CC(=O)N(CC(F)(F)F)C2CC2)n1. The van der Waals surface area contributed by atoms with Crippen LogP contribution in [0.3, 0.4) is 0 Å². The molecule has 1 fully saturated rings. The first-order chi connectivity index (χ1) is 8.35. The van der Waals surface area contributed by atoms with Crippen LogP contribution < -0.4 is 5.73 Å². The van der Waals surface area contributed by atoms with Crippen molar-refractivity contribution in [1.29, 1.82) is 0 Å². The van der Waals surface area contributed by atoms with E-state index in [9.17, 15) is 18.0 Å². The number of alkyl halides is 3. The Balaban J connectivity index is 2.00. The molecule has 0 radical (unpaired) electrons. The van der Waals surface area contributed by atoms with E-state index in [0.29, 0.717) is 12.8 Å². The van der Waals surface area contributed by atoms with Gasteiger partial charge < -0.3 is 10.6 Å². The largest absolute Gasteiger partial charge is 0.406 e. The number of carbonyl (C=O) groups is 1. The average molecular weight is 262 g/mol. The summed E-state index contributed by atoms with van der Waals surface area (Å²) >= 11 is 0. The van der Waals surface area contributed by atoms with Crippen molar-refractivity contribution in [3.05, 3.63) is 12.3 Å². The highest BCUT2D eigenvalue weighted by Gasteiger charge is 2.40. The smallest absolute Gasteiger partial charge is 0.382 e. The molecule has 0 unspecified atom stereocenters. The second-order valence-corrected chi connectivity index (χ2v) is 4.31. The summed E-state index contributed by atoms with van der Waals surface area (Å²) in [5, 5.41) is 3.77. The molecule has 1 amide bonds. The third kappa shape index (κ3) is 3.38. The van der Waals surface area contributed by atoms with Gasteiger partial charge in [0.1, 0.15) is 18.9 Å². The predicted octanol–water partition coefficient (Wildman–Crippen LogP) is 1.02. The number of hydrogen-bond donors (Lipinski definition) is 1. The Morgan fingerprint density at radius 1 is 1.56 bits per heavy atom. The molecule has 0 aliphatic heterocycles. The van der Waals surface area contributed by atoms with Gasteiger partial charge in [-0.3, -0.25) is 9.48 Å². The molecule has 2 rings (SSSR count). The maximum Gasteiger partial charge on any atom is 0.406 e. The summed E-state index contributed by atoms with van der Waals surface area (Å²) < 4.78 is 38.3. The first-order valence-electron chi connectivity index (χ1n) is 5.50. The van der Waals surface area contributed by atoms with Crippen LogP contribution in [0.4, 0.5) is 19.0 Å². The monoisotopic (exact) mass is 262 g/mol. The Morgan fingerprint density at radius 2 is 2.22 bits per heavy atom. The molecule has 1 aliphatic carbocycles. The number of hydrogen-bond acceptors (Lipinski definition) is 3. The zero-order valence-corrected chi connectivity index (χ0v) is 9.52. The van der Waals surface area contributed by atoms with Gasteiger partial charge in [-0.25, -0.2) is 0 Å². The number of halogens is 3. The second-order valence-electron chi connectivity index (χ2n) is 4.31. The Morgan fingerprint density at radius 3 is 2.67 bits per heavy atom. The van der Waals surface area contributed by atoms with Crippen LogP contribution in [0.5, 0.6) is 0 Å². The van der Waals surface area contributed by atoms with Crippen LogP contribution in [0.15, 0.2) is 12.3 Å². The van der Waals surface area contributed by atoms with Gasteiger partial charge in [0, 0.05) is 12.2 Å². The fourth-order valence-corrected chi connectivity index (χ4v) is 1.70. The first kappa shape index (κ1) is 12.7. The van der Waals surface area contributed by atoms with Crippen molar-refractivity contribution >= 4 is 11.7 Å². The molecule has 0 atom stereocenters. The number of nitrogens with zero attached hydrogens (tertiary/aromatic N) is 3. The van der Waals surface area contributed by atoms with E-state index in [-0.39, 0.29) is 18.4 Å². The lowest BCUT2D eigenvalue weighted by atomic mass is 10.4. The highest BCUT2D eigenvalue weighted by molar-refractivity contribution is 5.76. The second kappa shape index (κ2) is 4.51. The van der Waals surface area contributed by atoms with Gasteiger partial charge in [0.25, 0.3) is 0 Å². The van der Waals surface area contributed by atoms with E-state index in [1.54, 1.807) is 0 Å². The Hall–Kier alpha value is -1.73. The lowest BCUT2D eigenvalue weighted by molar-refractivity contribution is -0.162. The summed E-state index contributed by atoms with van der Waals surface area (Å²) in [7, 11) is 0. The number of nitrogen functional groups attached to an aromatic ring is 1. The Labute approximate surface area is 101 Å². The predicted molar refractivity (Wildman–Crippen MR) is 57.4 cm³/mol. The third-order valence-corrected chi connectivity index (χ3v) is 2.62. The molecule has 18 heavy (non-hydrogen) atoms. The fraction of sp³-hybridized carbons (Fsp3) is 0.600. The van der Waals surface area contributed by atoms with Gasteiger partial charge in [-0.15, -0.1) is 0 Å². The molecule has 5 nitrogen and oxygen atoms in total. The van der Waals surface area contributed by atoms with Gasteiger partial charge in [0.2, 0.25) is 5.91 Å². The highest BCUT2D eigenvalue weighted by Crippen LogP contribution is 2.30. The Bertz CT molecular complexity index is 439. The fourth-order valence-electron chi connectivity index (χ4n) is 1.70. The van der Waals surface area contributed by atoms with E-state index >= 15 is 0 Å². The summed E-state index contributed by atoms with van der Waals surface area (Å²) in [5.41, 5.74) is 5.37. The van der Waals surface area contributed by atoms with Gasteiger partial charge in [0.05, 0.1) is 0 Å². The molecule has 100 valence electrons. The van der Waals surface area contributed by atoms with Crippen LogP contribution in [0, 0.1) is 0 Å². The lowest BCUT2D eigenvalue weighted by Crippen LogP contribution is -2.42. The molecule has 0 spiro atoms. The minimum Gasteiger partial charge on any atom is -0.382 e. The van der Waals surface area contributed by atoms with Crippen LogP contribution in [0.1, 0.15) is 12.8 Å². The number of anilines is 1. The normalized spacial score (nSPS) is 15.7. The Kier molecular flexibility index (Phi) is 3.18. The van der Waals surface area contributed by atoms with Gasteiger partial charge in [0.15, 0.2) is 0 Å². The van der Waals surface area contributed by atoms with Crippen LogP contribution in [0.2, 0.25) is 0 Å². The quantitative estimate of drug-likeness (QED) is 0.881. The standard InChI is InChI=1S/C10H13F3N4O/c11-10(12,13)6-17(7-1-2-7)9(18)5-16-4-3-8(14)15-16/h3-4,7H,1-2,5-6H2,(H2,14,15). The van der Waals surface area contributed by atoms with E-state index in [1.165, 1.54) is 16.9 Å². The highest BCUT2D eigenvalue weighted by atomic mass is 19.4. The minimum atomic E-state index is -4.37. The van der Waals surface area contributed by atoms with Crippen LogP contribution in [-0.2, 0) is 11.3 Å². The van der Waals surface area contributed by atoms with Crippen LogP contribution in [0.25, 0.3) is 0 Å². The molecule has 1 heterocycles. The third-order valence-electron chi connectivity index (χ3n) is 2.62. The van der Waals surface area contributed by atoms with E-state index in [2.05, 4.69) is 5.10 Å². The molecule has 1 aliphatic rings. The zero-order chi connectivity index (χ0) is 13.3. The summed E-state index contributed by atoms with van der Waals surface area (Å²) in [6, 6.07) is 1.20. The maximum atomic E-state index is 12.4. The van der Waals surface area contributed by atoms with Crippen molar-refractivity contribution in [3.63, 3.8) is 0 Å². The van der Waals surface area contributed by atoms with Crippen molar-refractivity contribution in [2.45, 2.75) is 31.6 Å². The maximum absolute atomic E-state index is 12.4. The number of nitrogens with two attached hydrogens (primary N) is 1. The van der Waals surface area contributed by atoms with E-state index in [1.807, 2.05) is 0 Å². The van der Waals surface area contributed by atoms with Crippen LogP contribution >= 0.6 is 0 Å². The number of carbonyl (C=O) groups excluding carboxylic acids is 1. The average Bonchev–Trinajstić information content (AvgIpc) is 2.99. The van der Waals surface area contributed by atoms with Crippen LogP contribution in [-0.4, -0.2) is 39.4 Å². The van der Waals surface area contributed by atoms with Crippen molar-refractivity contribution in [1.82, 2.24) is 14.7 Å². The molecule has 0 aromatic carbocycles. The van der Waals surface area contributed by atoms with Gasteiger partial charge in [-0.2, -0.15) is 18.3 Å². The van der Waals surface area contributed by atoms with Crippen molar-refractivity contribution in [3.8, 4) is 0 Å². The molecule has 1 aromatic heterocycles. The molecule has 1 saturated carbocycles.